The van der Waals surface area contributed by atoms with E-state index in [2.05, 4.69) is 39.3 Å². The van der Waals surface area contributed by atoms with Gasteiger partial charge < -0.3 is 4.98 Å². The Labute approximate surface area is 197 Å². The summed E-state index contributed by atoms with van der Waals surface area (Å²) in [6.07, 6.45) is 1.41. The first kappa shape index (κ1) is 22.6. The number of fused-ring (bicyclic) bond motifs is 1. The number of benzene rings is 1. The summed E-state index contributed by atoms with van der Waals surface area (Å²) in [7, 11) is 0. The lowest BCUT2D eigenvalue weighted by molar-refractivity contribution is -0.115. The number of rotatable bonds is 8. The molecule has 0 saturated heterocycles. The van der Waals surface area contributed by atoms with Crippen LogP contribution >= 0.6 is 34.4 Å². The van der Waals surface area contributed by atoms with E-state index < -0.39 is 5.25 Å². The summed E-state index contributed by atoms with van der Waals surface area (Å²) in [5.74, 6) is 0.298. The van der Waals surface area contributed by atoms with Crippen LogP contribution in [0.2, 0.25) is 0 Å². The maximum absolute atomic E-state index is 12.9. The topological polar surface area (TPSA) is 101 Å². The molecule has 0 spiro atoms. The smallest absolute Gasteiger partial charge is 0.260 e. The molecule has 0 fully saturated rings. The first-order valence-electron chi connectivity index (χ1n) is 10.3. The van der Waals surface area contributed by atoms with Gasteiger partial charge in [0, 0.05) is 17.4 Å². The van der Waals surface area contributed by atoms with Gasteiger partial charge in [0.2, 0.25) is 11.0 Å². The molecule has 32 heavy (non-hydrogen) atoms. The van der Waals surface area contributed by atoms with Crippen molar-refractivity contribution in [2.75, 3.05) is 5.32 Å². The summed E-state index contributed by atoms with van der Waals surface area (Å²) in [4.78, 5) is 33.8. The number of aromatic amines is 1. The van der Waals surface area contributed by atoms with Gasteiger partial charge in [0.05, 0.1) is 10.6 Å². The van der Waals surface area contributed by atoms with Crippen molar-refractivity contribution in [3.05, 3.63) is 51.1 Å². The number of thiophene rings is 1. The number of carbonyl (C=O) groups excluding carboxylic acids is 1. The molecular weight excluding hydrogens is 462 g/mol. The quantitative estimate of drug-likeness (QED) is 0.262. The Morgan fingerprint density at radius 2 is 2.00 bits per heavy atom. The van der Waals surface area contributed by atoms with E-state index in [1.54, 1.807) is 0 Å². The van der Waals surface area contributed by atoms with Gasteiger partial charge in [-0.3, -0.25) is 14.9 Å². The predicted molar refractivity (Wildman–Crippen MR) is 133 cm³/mol. The molecule has 0 bridgehead atoms. The second kappa shape index (κ2) is 9.93. The Morgan fingerprint density at radius 3 is 2.72 bits per heavy atom. The van der Waals surface area contributed by atoms with E-state index in [0.29, 0.717) is 32.8 Å². The Hall–Kier alpha value is -2.56. The largest absolute Gasteiger partial charge is 0.301 e. The number of amides is 1. The van der Waals surface area contributed by atoms with Crippen molar-refractivity contribution >= 4 is 55.7 Å². The van der Waals surface area contributed by atoms with Crippen LogP contribution in [0, 0.1) is 5.92 Å². The van der Waals surface area contributed by atoms with Crippen molar-refractivity contribution < 1.29 is 4.79 Å². The number of carbonyl (C=O) groups is 1. The maximum atomic E-state index is 12.9. The molecule has 4 rings (SSSR count). The number of hydrogen-bond acceptors (Lipinski definition) is 8. The number of aromatic nitrogens is 4. The van der Waals surface area contributed by atoms with Gasteiger partial charge in [-0.15, -0.1) is 21.5 Å². The molecule has 3 aromatic heterocycles. The summed E-state index contributed by atoms with van der Waals surface area (Å²) in [6.45, 7) is 6.16. The van der Waals surface area contributed by atoms with Gasteiger partial charge in [-0.25, -0.2) is 4.98 Å². The minimum absolute atomic E-state index is 0.177. The molecule has 3 heterocycles. The van der Waals surface area contributed by atoms with E-state index in [4.69, 9.17) is 0 Å². The molecular formula is C22H23N5O2S3. The molecule has 1 atom stereocenters. The average Bonchev–Trinajstić information content (AvgIpc) is 3.39. The number of nitrogens with zero attached hydrogens (tertiary/aromatic N) is 3. The minimum atomic E-state index is -0.415. The summed E-state index contributed by atoms with van der Waals surface area (Å²) in [5, 5.41) is 15.0. The third-order valence-corrected chi connectivity index (χ3v) is 7.69. The summed E-state index contributed by atoms with van der Waals surface area (Å²) in [5.41, 5.74) is 1.65. The van der Waals surface area contributed by atoms with Crippen molar-refractivity contribution in [3.8, 4) is 11.1 Å². The van der Waals surface area contributed by atoms with E-state index in [0.717, 1.165) is 22.6 Å². The van der Waals surface area contributed by atoms with Crippen LogP contribution in [0.5, 0.6) is 0 Å². The lowest BCUT2D eigenvalue weighted by Gasteiger charge is -2.12. The molecule has 0 saturated carbocycles. The zero-order valence-corrected chi connectivity index (χ0v) is 20.4. The van der Waals surface area contributed by atoms with Gasteiger partial charge in [-0.05, 0) is 17.9 Å². The van der Waals surface area contributed by atoms with Gasteiger partial charge in [-0.1, -0.05) is 74.2 Å². The molecule has 4 aromatic rings. The van der Waals surface area contributed by atoms with E-state index >= 15 is 0 Å². The molecule has 7 nitrogen and oxygen atoms in total. The van der Waals surface area contributed by atoms with Crippen molar-refractivity contribution in [2.24, 2.45) is 5.92 Å². The first-order valence-corrected chi connectivity index (χ1v) is 12.9. The normalized spacial score (nSPS) is 12.4. The van der Waals surface area contributed by atoms with Crippen molar-refractivity contribution in [3.63, 3.8) is 0 Å². The molecule has 166 valence electrons. The zero-order valence-electron chi connectivity index (χ0n) is 17.9. The van der Waals surface area contributed by atoms with Crippen molar-refractivity contribution in [2.45, 2.75) is 44.0 Å². The first-order chi connectivity index (χ1) is 15.4. The number of hydrogen-bond donors (Lipinski definition) is 2. The van der Waals surface area contributed by atoms with Gasteiger partial charge in [0.25, 0.3) is 5.56 Å². The van der Waals surface area contributed by atoms with Crippen LogP contribution in [-0.2, 0) is 11.2 Å². The van der Waals surface area contributed by atoms with Crippen LogP contribution in [-0.4, -0.2) is 31.3 Å². The second-order valence-corrected chi connectivity index (χ2v) is 10.8. The van der Waals surface area contributed by atoms with Crippen LogP contribution in [0.1, 0.15) is 32.2 Å². The number of nitrogens with one attached hydrogen (secondary N) is 2. The molecule has 0 aliphatic carbocycles. The molecule has 2 N–H and O–H groups in total. The average molecular weight is 486 g/mol. The van der Waals surface area contributed by atoms with Crippen LogP contribution in [0.3, 0.4) is 0 Å². The number of H-pyrrole nitrogens is 1. The van der Waals surface area contributed by atoms with Gasteiger partial charge in [0.1, 0.15) is 9.84 Å². The van der Waals surface area contributed by atoms with Crippen LogP contribution in [0.25, 0.3) is 21.3 Å². The molecule has 0 radical (unpaired) electrons. The van der Waals surface area contributed by atoms with Gasteiger partial charge in [0.15, 0.2) is 5.16 Å². The highest BCUT2D eigenvalue weighted by atomic mass is 32.2. The fourth-order valence-electron chi connectivity index (χ4n) is 3.19. The lowest BCUT2D eigenvalue weighted by Crippen LogP contribution is -2.25. The molecule has 10 heteroatoms. The van der Waals surface area contributed by atoms with E-state index in [1.165, 1.54) is 34.4 Å². The third-order valence-electron chi connectivity index (χ3n) is 4.70. The van der Waals surface area contributed by atoms with E-state index in [9.17, 15) is 9.59 Å². The summed E-state index contributed by atoms with van der Waals surface area (Å²) in [6, 6.07) is 9.78. The summed E-state index contributed by atoms with van der Waals surface area (Å²) >= 11 is 4.07. The Kier molecular flexibility index (Phi) is 7.02. The third kappa shape index (κ3) is 5.08. The highest BCUT2D eigenvalue weighted by Gasteiger charge is 2.22. The Bertz CT molecular complexity index is 1280. The standard InChI is InChI=1S/C22H23N5O2S3/c1-4-15(18(28)23-22-27-26-16(32-22)10-12(2)3)31-21-24-19(29)17-14(11-30-20(17)25-21)13-8-6-5-7-9-13/h5-9,11-12,15H,4,10H2,1-3H3,(H,23,27,28)(H,24,25,29). The highest BCUT2D eigenvalue weighted by Crippen LogP contribution is 2.32. The predicted octanol–water partition coefficient (Wildman–Crippen LogP) is 5.21. The molecule has 1 unspecified atom stereocenters. The fraction of sp³-hybridized carbons (Fsp3) is 0.318. The van der Waals surface area contributed by atoms with Crippen LogP contribution in [0.15, 0.2) is 45.7 Å². The van der Waals surface area contributed by atoms with Crippen molar-refractivity contribution in [1.82, 2.24) is 20.2 Å². The molecule has 1 aromatic carbocycles. The van der Waals surface area contributed by atoms with Gasteiger partial charge in [-0.2, -0.15) is 0 Å². The molecule has 1 amide bonds. The molecule has 0 aliphatic heterocycles. The Balaban J connectivity index is 1.52. The lowest BCUT2D eigenvalue weighted by atomic mass is 10.1. The Morgan fingerprint density at radius 1 is 1.22 bits per heavy atom. The maximum Gasteiger partial charge on any atom is 0.260 e. The monoisotopic (exact) mass is 485 g/mol. The molecule has 0 aliphatic rings. The summed E-state index contributed by atoms with van der Waals surface area (Å²) < 4.78 is 0. The van der Waals surface area contributed by atoms with Crippen LogP contribution < -0.4 is 10.9 Å². The van der Waals surface area contributed by atoms with Crippen molar-refractivity contribution in [1.29, 1.82) is 0 Å². The van der Waals surface area contributed by atoms with Crippen LogP contribution in [0.4, 0.5) is 5.13 Å². The van der Waals surface area contributed by atoms with Gasteiger partial charge >= 0.3 is 0 Å². The second-order valence-electron chi connectivity index (χ2n) is 7.67. The van der Waals surface area contributed by atoms with E-state index in [1.807, 2.05) is 42.6 Å². The van der Waals surface area contributed by atoms with E-state index in [-0.39, 0.29) is 11.5 Å². The highest BCUT2D eigenvalue weighted by molar-refractivity contribution is 8.00. The number of thioether (sulfide) groups is 1. The minimum Gasteiger partial charge on any atom is -0.301 e. The fourth-order valence-corrected chi connectivity index (χ4v) is 6.05. The SMILES string of the molecule is CCC(Sc1nc2scc(-c3ccccc3)c2c(=O)[nH]1)C(=O)Nc1nnc(CC(C)C)s1. The zero-order chi connectivity index (χ0) is 22.7. The number of anilines is 1.